The van der Waals surface area contributed by atoms with Crippen LogP contribution in [-0.4, -0.2) is 247 Å². The number of guanidine groups is 1. The molecule has 42 heteroatoms. The number of hydrogen-bond acceptors (Lipinski definition) is 24. The summed E-state index contributed by atoms with van der Waals surface area (Å²) in [6.07, 6.45) is 0.138. The van der Waals surface area contributed by atoms with E-state index in [4.69, 9.17) is 28.7 Å². The molecule has 3 aliphatic heterocycles. The van der Waals surface area contributed by atoms with Crippen LogP contribution in [0.1, 0.15) is 63.1 Å². The number of imidazole rings is 1. The molecule has 3 aliphatic rings. The standard InChI is InChI=1S/C55H80N20O18S4/c1-25-44(83)72-36-21-95-97-22-37(73-45(84)29(56)10-11-42(80)81)52(91)74-38(51(90)69-33(16-40(57)78)54(93)75-13-3-5-39(75)53(92)65-25)23-96-94-20-35(43(58)82)71-50(89)34(19-76)70-48(87)31(14-26-6-8-28(77)9-7-26)67-49(88)32(15-27-17-61-24-64-27)68-47(86)30(4-2-12-62-55(59)60)66-41(79)18-63-46(36)85/h6-9,17,24-25,29-39,76-77H,2-5,10-16,18-23,56H2,1H3,(H2,57,78)(H2,58,82)(H,61,64)(H,63,85)(H,65,92)(H,66,79)(H,67,88)(H,68,86)(H,69,90)(H,70,87)(H,71,89)(H,72,83)(H,73,84)(H,74,91)(H,80,81)(H4,59,60,62)/t25-,29-,30-,31?,32-,33-,34-,35-,36-,37-,38-,39-/m0/s1. The van der Waals surface area contributed by atoms with Crippen molar-refractivity contribution in [1.29, 1.82) is 0 Å². The molecule has 0 radical (unpaired) electrons. The molecule has 0 spiro atoms. The average molecular weight is 1440 g/mol. The van der Waals surface area contributed by atoms with Gasteiger partial charge in [-0.3, -0.25) is 76.9 Å². The number of carbonyl (C=O) groups is 15. The minimum Gasteiger partial charge on any atom is -0.508 e. The molecular weight excluding hydrogens is 1360 g/mol. The van der Waals surface area contributed by atoms with Gasteiger partial charge in [0.15, 0.2) is 5.96 Å². The van der Waals surface area contributed by atoms with Crippen molar-refractivity contribution in [2.24, 2.45) is 33.7 Å². The highest BCUT2D eigenvalue weighted by Gasteiger charge is 2.41. The van der Waals surface area contributed by atoms with Gasteiger partial charge in [0, 0.05) is 67.3 Å². The van der Waals surface area contributed by atoms with Crippen LogP contribution in [0.5, 0.6) is 5.75 Å². The summed E-state index contributed by atoms with van der Waals surface area (Å²) < 4.78 is 0. The highest BCUT2D eigenvalue weighted by molar-refractivity contribution is 8.77. The molecule has 25 N–H and O–H groups in total. The van der Waals surface area contributed by atoms with Crippen LogP contribution in [0.2, 0.25) is 0 Å². The van der Waals surface area contributed by atoms with Gasteiger partial charge in [0.05, 0.1) is 31.9 Å². The third kappa shape index (κ3) is 26.1. The van der Waals surface area contributed by atoms with E-state index in [0.29, 0.717) is 5.56 Å². The summed E-state index contributed by atoms with van der Waals surface area (Å²) >= 11 is 0. The smallest absolute Gasteiger partial charge is 0.303 e. The van der Waals surface area contributed by atoms with Crippen molar-refractivity contribution < 1.29 is 87.2 Å². The zero-order valence-electron chi connectivity index (χ0n) is 52.2. The Kier molecular flexibility index (Phi) is 31.7. The van der Waals surface area contributed by atoms with Gasteiger partial charge in [-0.2, -0.15) is 0 Å². The number of carboxylic acids is 1. The first kappa shape index (κ1) is 78.6. The molecule has 4 heterocycles. The van der Waals surface area contributed by atoms with E-state index in [1.807, 2.05) is 0 Å². The van der Waals surface area contributed by atoms with Crippen LogP contribution in [0, 0.1) is 0 Å². The van der Waals surface area contributed by atoms with Crippen molar-refractivity contribution in [2.75, 3.05) is 49.3 Å². The number of hydrogen-bond donors (Lipinski definition) is 20. The van der Waals surface area contributed by atoms with Crippen LogP contribution in [0.4, 0.5) is 0 Å². The minimum atomic E-state index is -1.87. The topological polar surface area (TPSA) is 623 Å². The van der Waals surface area contributed by atoms with Crippen LogP contribution >= 0.6 is 43.2 Å². The third-order valence-corrected chi connectivity index (χ3v) is 19.6. The number of aromatic nitrogens is 2. The fourth-order valence-corrected chi connectivity index (χ4v) is 14.2. The first-order chi connectivity index (χ1) is 46.0. The van der Waals surface area contributed by atoms with E-state index in [2.05, 4.69) is 73.4 Å². The number of aliphatic carboxylic acids is 1. The zero-order chi connectivity index (χ0) is 71.5. The van der Waals surface area contributed by atoms with E-state index in [-0.39, 0.29) is 69.0 Å². The predicted molar refractivity (Wildman–Crippen MR) is 352 cm³/mol. The fraction of sp³-hybridized carbons (Fsp3) is 0.545. The summed E-state index contributed by atoms with van der Waals surface area (Å²) in [6.45, 7) is -0.925. The highest BCUT2D eigenvalue weighted by atomic mass is 33.1. The van der Waals surface area contributed by atoms with Crippen molar-refractivity contribution in [2.45, 2.75) is 137 Å². The lowest BCUT2D eigenvalue weighted by atomic mass is 10.0. The van der Waals surface area contributed by atoms with Crippen molar-refractivity contribution >= 4 is 138 Å². The normalized spacial score (nSPS) is 25.8. The number of rotatable bonds is 17. The third-order valence-electron chi connectivity index (χ3n) is 14.7. The molecule has 97 heavy (non-hydrogen) atoms. The van der Waals surface area contributed by atoms with Gasteiger partial charge >= 0.3 is 5.97 Å². The van der Waals surface area contributed by atoms with Gasteiger partial charge in [-0.25, -0.2) is 4.98 Å². The first-order valence-corrected chi connectivity index (χ1v) is 35.1. The number of nitrogens with two attached hydrogens (primary N) is 5. The SMILES string of the molecule is C[C@@H]1NC(=O)[C@@H]2CCCN2C(=O)[C@H](CC(N)=O)NC(=O)[C@@H]2CSSC[C@@H](C(N)=O)NC(=O)[C@H](CO)NC(=O)C(Cc3ccc(O)cc3)NC(=O)[C@H](Cc3cnc[nH]3)NC(=O)[C@H](CCCN=C(N)N)NC(=O)CNC(=O)[C@H](CSSC[C@H](NC(=O)[C@@H](N)CCC(=O)O)C(=O)N2)NC1=O. The van der Waals surface area contributed by atoms with Gasteiger partial charge in [-0.05, 0) is 56.7 Å². The maximum absolute atomic E-state index is 14.6. The number of carbonyl (C=O) groups excluding carboxylic acids is 14. The van der Waals surface area contributed by atoms with Crippen molar-refractivity contribution in [3.05, 3.63) is 48.0 Å². The monoisotopic (exact) mass is 1440 g/mol. The van der Waals surface area contributed by atoms with Crippen LogP contribution < -0.4 is 87.2 Å². The van der Waals surface area contributed by atoms with Gasteiger partial charge in [-0.15, -0.1) is 0 Å². The van der Waals surface area contributed by atoms with E-state index in [1.165, 1.54) is 43.7 Å². The van der Waals surface area contributed by atoms with E-state index >= 15 is 0 Å². The van der Waals surface area contributed by atoms with E-state index < -0.39 is 217 Å². The van der Waals surface area contributed by atoms with Crippen LogP contribution in [-0.2, 0) is 84.8 Å². The summed E-state index contributed by atoms with van der Waals surface area (Å²) in [5.74, 6) is -18.2. The lowest BCUT2D eigenvalue weighted by molar-refractivity contribution is -0.143. The Morgan fingerprint density at radius 2 is 1.29 bits per heavy atom. The average Bonchev–Trinajstić information content (AvgIpc) is 1.76. The summed E-state index contributed by atoms with van der Waals surface area (Å²) in [5, 5.41) is 57.0. The van der Waals surface area contributed by atoms with Crippen molar-refractivity contribution in [1.82, 2.24) is 73.4 Å². The van der Waals surface area contributed by atoms with Crippen LogP contribution in [0.25, 0.3) is 0 Å². The molecular formula is C55H80N20O18S4. The number of nitrogens with zero attached hydrogens (tertiary/aromatic N) is 3. The zero-order valence-corrected chi connectivity index (χ0v) is 55.5. The molecule has 2 bridgehead atoms. The Balaban J connectivity index is 1.62. The number of phenolic OH excluding ortho intramolecular Hbond substituents is 1. The first-order valence-electron chi connectivity index (χ1n) is 30.1. The number of H-pyrrole nitrogens is 1. The molecule has 0 saturated carbocycles. The van der Waals surface area contributed by atoms with E-state index in [1.54, 1.807) is 0 Å². The van der Waals surface area contributed by atoms with Crippen LogP contribution in [0.15, 0.2) is 41.8 Å². The summed E-state index contributed by atoms with van der Waals surface area (Å²) in [7, 11) is 3.20. The number of aliphatic imine (C=N–C) groups is 1. The van der Waals surface area contributed by atoms with Gasteiger partial charge in [0.25, 0.3) is 0 Å². The number of nitrogens with one attached hydrogen (secondary N) is 12. The molecule has 1 aromatic heterocycles. The second-order valence-electron chi connectivity index (χ2n) is 22.3. The number of benzene rings is 1. The Labute approximate surface area is 569 Å². The van der Waals surface area contributed by atoms with E-state index in [9.17, 15) is 87.2 Å². The molecule has 14 amide bonds. The quantitative estimate of drug-likeness (QED) is 0.0303. The minimum absolute atomic E-state index is 0.0220. The number of aliphatic hydroxyl groups is 1. The molecule has 1 unspecified atom stereocenters. The number of amides is 14. The number of fused-ring (bicyclic) bond motifs is 9. The molecule has 532 valence electrons. The Hall–Kier alpha value is -9.13. The second kappa shape index (κ2) is 39.2. The maximum Gasteiger partial charge on any atom is 0.303 e. The maximum atomic E-state index is 14.6. The van der Waals surface area contributed by atoms with Gasteiger partial charge in [0.1, 0.15) is 72.2 Å². The summed E-state index contributed by atoms with van der Waals surface area (Å²) in [4.78, 5) is 219. The van der Waals surface area contributed by atoms with Crippen molar-refractivity contribution in [3.8, 4) is 5.75 Å². The molecule has 0 aliphatic carbocycles. The molecule has 12 atom stereocenters. The van der Waals surface area contributed by atoms with E-state index in [0.717, 1.165) is 48.1 Å². The van der Waals surface area contributed by atoms with Crippen LogP contribution in [0.3, 0.4) is 0 Å². The molecule has 3 fully saturated rings. The number of aromatic amines is 1. The Morgan fingerprint density at radius 1 is 0.691 bits per heavy atom. The van der Waals surface area contributed by atoms with Gasteiger partial charge in [-0.1, -0.05) is 55.3 Å². The Morgan fingerprint density at radius 3 is 1.91 bits per heavy atom. The lowest BCUT2D eigenvalue weighted by Crippen LogP contribution is -2.61. The van der Waals surface area contributed by atoms with Crippen molar-refractivity contribution in [3.63, 3.8) is 0 Å². The van der Waals surface area contributed by atoms with Gasteiger partial charge in [0.2, 0.25) is 82.7 Å². The highest BCUT2D eigenvalue weighted by Crippen LogP contribution is 2.26. The fourth-order valence-electron chi connectivity index (χ4n) is 9.51. The second-order valence-corrected chi connectivity index (χ2v) is 27.4. The Bertz CT molecular complexity index is 3210. The number of carboxylic acid groups (broad SMARTS) is 1. The predicted octanol–water partition coefficient (Wildman–Crippen LogP) is -8.74. The number of phenols is 1. The molecule has 1 aromatic carbocycles. The number of aliphatic hydroxyl groups excluding tert-OH is 1. The van der Waals surface area contributed by atoms with Gasteiger partial charge < -0.3 is 112 Å². The largest absolute Gasteiger partial charge is 0.508 e. The number of aromatic hydroxyl groups is 1. The molecule has 5 rings (SSSR count). The summed E-state index contributed by atoms with van der Waals surface area (Å²) in [5.41, 5.74) is 29.0. The number of primary amides is 2. The molecule has 2 aromatic rings. The summed E-state index contributed by atoms with van der Waals surface area (Å²) in [6, 6.07) is -14.0. The lowest BCUT2D eigenvalue weighted by Gasteiger charge is -2.30. The molecule has 38 nitrogen and oxygen atoms in total. The molecule has 3 saturated heterocycles.